The van der Waals surface area contributed by atoms with Gasteiger partial charge in [0, 0.05) is 12.8 Å². The predicted molar refractivity (Wildman–Crippen MR) is 111 cm³/mol. The van der Waals surface area contributed by atoms with Gasteiger partial charge in [-0.25, -0.2) is 0 Å². The minimum Gasteiger partial charge on any atom is -0.348 e. The van der Waals surface area contributed by atoms with E-state index < -0.39 is 0 Å². The Morgan fingerprint density at radius 1 is 0.852 bits per heavy atom. The molecule has 1 heterocycles. The highest BCUT2D eigenvalue weighted by molar-refractivity contribution is 5.14. The molecule has 0 aromatic rings. The number of ether oxygens (including phenoxy) is 2. The molecule has 0 aromatic heterocycles. The van der Waals surface area contributed by atoms with Gasteiger partial charge in [0.2, 0.25) is 0 Å². The van der Waals surface area contributed by atoms with Gasteiger partial charge < -0.3 is 9.47 Å². The number of fused-ring (bicyclic) bond motifs is 5. The van der Waals surface area contributed by atoms with E-state index in [2.05, 4.69) is 20.4 Å². The zero-order valence-electron chi connectivity index (χ0n) is 18.3. The molecule has 0 radical (unpaired) electrons. The molecule has 5 aliphatic rings. The first-order chi connectivity index (χ1) is 13.0. The van der Waals surface area contributed by atoms with Gasteiger partial charge in [-0.3, -0.25) is 0 Å². The normalized spacial score (nSPS) is 47.4. The summed E-state index contributed by atoms with van der Waals surface area (Å²) in [4.78, 5) is 0. The van der Waals surface area contributed by atoms with Crippen molar-refractivity contribution < 1.29 is 9.47 Å². The highest BCUT2D eigenvalue weighted by atomic mass is 16.7. The summed E-state index contributed by atoms with van der Waals surface area (Å²) in [5, 5.41) is 0. The quantitative estimate of drug-likeness (QED) is 0.481. The molecule has 3 unspecified atom stereocenters. The fourth-order valence-electron chi connectivity index (χ4n) is 8.39. The highest BCUT2D eigenvalue weighted by Gasteiger charge is 2.58. The fourth-order valence-corrected chi connectivity index (χ4v) is 8.39. The lowest BCUT2D eigenvalue weighted by molar-refractivity contribution is -0.209. The van der Waals surface area contributed by atoms with Crippen LogP contribution in [0.4, 0.5) is 0 Å². The number of rotatable bonds is 1. The monoisotopic (exact) mass is 374 g/mol. The van der Waals surface area contributed by atoms with Gasteiger partial charge >= 0.3 is 0 Å². The molecule has 5 fully saturated rings. The van der Waals surface area contributed by atoms with Crippen molar-refractivity contribution in [3.8, 4) is 0 Å². The molecule has 2 heteroatoms. The number of hydrogen-bond donors (Lipinski definition) is 0. The molecule has 2 nitrogen and oxygen atoms in total. The van der Waals surface area contributed by atoms with Crippen molar-refractivity contribution in [3.05, 3.63) is 12.2 Å². The van der Waals surface area contributed by atoms with Crippen LogP contribution in [0.25, 0.3) is 0 Å². The molecule has 1 spiro atoms. The molecular weight excluding hydrogens is 332 g/mol. The zero-order valence-corrected chi connectivity index (χ0v) is 18.3. The van der Waals surface area contributed by atoms with Crippen LogP contribution in [0, 0.1) is 40.9 Å². The molecular formula is C25H42O2. The second-order valence-corrected chi connectivity index (χ2v) is 10.3. The summed E-state index contributed by atoms with van der Waals surface area (Å²) in [6.45, 7) is 14.9. The van der Waals surface area contributed by atoms with E-state index in [-0.39, 0.29) is 5.79 Å². The fraction of sp³-hybridized carbons (Fsp3) is 0.920. The van der Waals surface area contributed by atoms with Gasteiger partial charge in [-0.05, 0) is 92.8 Å². The number of allylic oxidation sites excluding steroid dienone is 1. The lowest BCUT2D eigenvalue weighted by Gasteiger charge is -2.57. The zero-order chi connectivity index (χ0) is 19.2. The molecule has 0 N–H and O–H groups in total. The van der Waals surface area contributed by atoms with Crippen LogP contribution in [-0.2, 0) is 9.47 Å². The van der Waals surface area contributed by atoms with Crippen LogP contribution < -0.4 is 0 Å². The molecule has 4 aliphatic carbocycles. The predicted octanol–water partition coefficient (Wildman–Crippen LogP) is 6.60. The van der Waals surface area contributed by atoms with E-state index in [4.69, 9.17) is 9.47 Å². The molecule has 0 bridgehead atoms. The summed E-state index contributed by atoms with van der Waals surface area (Å²) in [7, 11) is 0. The molecule has 154 valence electrons. The third-order valence-corrected chi connectivity index (χ3v) is 9.36. The van der Waals surface area contributed by atoms with E-state index in [9.17, 15) is 0 Å². The van der Waals surface area contributed by atoms with Crippen LogP contribution in [0.5, 0.6) is 0 Å². The third kappa shape index (κ3) is 3.14. The maximum atomic E-state index is 6.06. The Hall–Kier alpha value is -0.340. The Bertz CT molecular complexity index is 549. The van der Waals surface area contributed by atoms with Crippen LogP contribution in [0.15, 0.2) is 12.2 Å². The Kier molecular flexibility index (Phi) is 5.53. The van der Waals surface area contributed by atoms with Crippen molar-refractivity contribution in [3.63, 3.8) is 0 Å². The summed E-state index contributed by atoms with van der Waals surface area (Å²) in [5.74, 6) is 5.34. The average molecular weight is 375 g/mol. The van der Waals surface area contributed by atoms with Crippen LogP contribution in [0.1, 0.15) is 85.5 Å². The van der Waals surface area contributed by atoms with Crippen LogP contribution in [0.3, 0.4) is 0 Å². The van der Waals surface area contributed by atoms with Gasteiger partial charge in [0.1, 0.15) is 0 Å². The van der Waals surface area contributed by atoms with Gasteiger partial charge in [-0.2, -0.15) is 0 Å². The smallest absolute Gasteiger partial charge is 0.168 e. The summed E-state index contributed by atoms with van der Waals surface area (Å²) < 4.78 is 12.1. The molecule has 4 saturated carbocycles. The van der Waals surface area contributed by atoms with Crippen LogP contribution in [0.2, 0.25) is 0 Å². The third-order valence-electron chi connectivity index (χ3n) is 9.36. The van der Waals surface area contributed by atoms with E-state index in [0.717, 1.165) is 55.1 Å². The van der Waals surface area contributed by atoms with E-state index in [0.29, 0.717) is 5.41 Å². The average Bonchev–Trinajstić information content (AvgIpc) is 3.27. The second kappa shape index (κ2) is 7.48. The first-order valence-electron chi connectivity index (χ1n) is 12.0. The van der Waals surface area contributed by atoms with Crippen LogP contribution in [-0.4, -0.2) is 19.0 Å². The van der Waals surface area contributed by atoms with Gasteiger partial charge in [0.25, 0.3) is 0 Å². The van der Waals surface area contributed by atoms with E-state index in [1.54, 1.807) is 0 Å². The largest absolute Gasteiger partial charge is 0.348 e. The molecule has 1 aliphatic heterocycles. The summed E-state index contributed by atoms with van der Waals surface area (Å²) in [6.07, 6.45) is 12.3. The SMILES string of the molecule is C=C(C)C1CCC2[C@@H]3CC[C@@H]4CC5(CC[C@@H]4C3CC[C@]12C)OCCO5.CC. The highest BCUT2D eigenvalue weighted by Crippen LogP contribution is 2.65. The molecule has 27 heavy (non-hydrogen) atoms. The first-order valence-corrected chi connectivity index (χ1v) is 12.0. The first kappa shape index (κ1) is 20.0. The number of hydrogen-bond acceptors (Lipinski definition) is 2. The molecule has 5 rings (SSSR count). The van der Waals surface area contributed by atoms with Crippen molar-refractivity contribution in [1.82, 2.24) is 0 Å². The molecule has 0 amide bonds. The lowest BCUT2D eigenvalue weighted by Crippen LogP contribution is -2.51. The molecule has 7 atom stereocenters. The molecule has 0 aromatic carbocycles. The Morgan fingerprint density at radius 3 is 2.26 bits per heavy atom. The van der Waals surface area contributed by atoms with E-state index in [1.807, 2.05) is 13.8 Å². The Labute approximate surface area is 167 Å². The summed E-state index contributed by atoms with van der Waals surface area (Å²) in [6, 6.07) is 0. The van der Waals surface area contributed by atoms with E-state index in [1.165, 1.54) is 56.9 Å². The molecule has 1 saturated heterocycles. The van der Waals surface area contributed by atoms with Gasteiger partial charge in [0.05, 0.1) is 13.2 Å². The Balaban J connectivity index is 0.000000872. The maximum absolute atomic E-state index is 6.06. The minimum atomic E-state index is -0.185. The Morgan fingerprint density at radius 2 is 1.56 bits per heavy atom. The van der Waals surface area contributed by atoms with Crippen molar-refractivity contribution in [2.24, 2.45) is 40.9 Å². The van der Waals surface area contributed by atoms with Gasteiger partial charge in [0.15, 0.2) is 5.79 Å². The van der Waals surface area contributed by atoms with Crippen molar-refractivity contribution in [2.75, 3.05) is 13.2 Å². The maximum Gasteiger partial charge on any atom is 0.168 e. The summed E-state index contributed by atoms with van der Waals surface area (Å²) in [5.41, 5.74) is 2.00. The standard InChI is InChI=1S/C23H36O2.C2H6/c1-15(2)20-6-7-21-19-5-4-16-14-23(24-12-13-25-23)11-9-17(16)18(19)8-10-22(20,21)3;1-2/h16-21H,1,4-14H2,2-3H3;1-2H3/t16-,17+,18?,19-,20?,21?,22-;/m1./s1. The minimum absolute atomic E-state index is 0.185. The summed E-state index contributed by atoms with van der Waals surface area (Å²) >= 11 is 0. The van der Waals surface area contributed by atoms with Gasteiger partial charge in [-0.15, -0.1) is 0 Å². The lowest BCUT2D eigenvalue weighted by atomic mass is 9.49. The second-order valence-electron chi connectivity index (χ2n) is 10.3. The van der Waals surface area contributed by atoms with Crippen LogP contribution >= 0.6 is 0 Å². The topological polar surface area (TPSA) is 18.5 Å². The van der Waals surface area contributed by atoms with E-state index >= 15 is 0 Å². The van der Waals surface area contributed by atoms with Crippen molar-refractivity contribution in [2.45, 2.75) is 91.3 Å². The van der Waals surface area contributed by atoms with Crippen molar-refractivity contribution >= 4 is 0 Å². The van der Waals surface area contributed by atoms with Crippen molar-refractivity contribution in [1.29, 1.82) is 0 Å². The van der Waals surface area contributed by atoms with Gasteiger partial charge in [-0.1, -0.05) is 32.9 Å².